The largest absolute Gasteiger partial charge is 0.480 e. The minimum atomic E-state index is -1.12. The Morgan fingerprint density at radius 2 is 1.73 bits per heavy atom. The second kappa shape index (κ2) is 7.94. The number of carboxylic acids is 1. The van der Waals surface area contributed by atoms with Crippen LogP contribution in [0.2, 0.25) is 0 Å². The minimum Gasteiger partial charge on any atom is -0.480 e. The van der Waals surface area contributed by atoms with Crippen molar-refractivity contribution in [2.45, 2.75) is 57.3 Å². The zero-order valence-corrected chi connectivity index (χ0v) is 15.3. The first kappa shape index (κ1) is 20.0. The minimum absolute atomic E-state index is 0.0932. The highest BCUT2D eigenvalue weighted by Crippen LogP contribution is 2.22. The van der Waals surface area contributed by atoms with Gasteiger partial charge in [0, 0.05) is 25.2 Å². The van der Waals surface area contributed by atoms with Crippen molar-refractivity contribution in [3.05, 3.63) is 12.2 Å². The van der Waals surface area contributed by atoms with E-state index in [2.05, 4.69) is 5.32 Å². The van der Waals surface area contributed by atoms with Crippen molar-refractivity contribution in [1.29, 1.82) is 0 Å². The molecule has 0 spiro atoms. The Morgan fingerprint density at radius 1 is 1.08 bits per heavy atom. The first-order valence-corrected chi connectivity index (χ1v) is 8.67. The molecule has 0 aromatic heterocycles. The van der Waals surface area contributed by atoms with Crippen molar-refractivity contribution >= 4 is 18.2 Å². The van der Waals surface area contributed by atoms with E-state index in [1.54, 1.807) is 25.7 Å². The maximum atomic E-state index is 12.1. The Hall–Kier alpha value is -2.29. The number of nitrogens with one attached hydrogen (secondary N) is 1. The second-order valence-corrected chi connectivity index (χ2v) is 7.68. The molecule has 2 aliphatic heterocycles. The SMILES string of the molecule is CC(C)(C)OC(=O)N[C@H]1CC=CC[C@H]2CN(C(=O)O)C[C@@H](C(=O)O)N2C1. The van der Waals surface area contributed by atoms with Gasteiger partial charge in [0.1, 0.15) is 11.6 Å². The molecule has 2 amide bonds. The van der Waals surface area contributed by atoms with Crippen molar-refractivity contribution < 1.29 is 29.3 Å². The predicted octanol–water partition coefficient (Wildman–Crippen LogP) is 1.35. The van der Waals surface area contributed by atoms with Gasteiger partial charge in [0.25, 0.3) is 0 Å². The maximum absolute atomic E-state index is 12.1. The normalized spacial score (nSPS) is 27.0. The molecule has 1 saturated heterocycles. The molecule has 9 nitrogen and oxygen atoms in total. The summed E-state index contributed by atoms with van der Waals surface area (Å²) in [6, 6.07) is -1.51. The molecule has 2 heterocycles. The van der Waals surface area contributed by atoms with Gasteiger partial charge >= 0.3 is 18.2 Å². The molecule has 3 atom stereocenters. The van der Waals surface area contributed by atoms with Crippen LogP contribution in [0.3, 0.4) is 0 Å². The summed E-state index contributed by atoms with van der Waals surface area (Å²) >= 11 is 0. The number of ether oxygens (including phenoxy) is 1. The quantitative estimate of drug-likeness (QED) is 0.629. The fraction of sp³-hybridized carbons (Fsp3) is 0.706. The smallest absolute Gasteiger partial charge is 0.407 e. The molecule has 146 valence electrons. The summed E-state index contributed by atoms with van der Waals surface area (Å²) < 4.78 is 5.28. The van der Waals surface area contributed by atoms with Crippen LogP contribution < -0.4 is 5.32 Å². The summed E-state index contributed by atoms with van der Waals surface area (Å²) in [7, 11) is 0. The Bertz CT molecular complexity index is 586. The van der Waals surface area contributed by atoms with E-state index >= 15 is 0 Å². The number of amides is 2. The summed E-state index contributed by atoms with van der Waals surface area (Å²) in [6.07, 6.45) is 3.28. The first-order valence-electron chi connectivity index (χ1n) is 8.67. The predicted molar refractivity (Wildman–Crippen MR) is 93.0 cm³/mol. The van der Waals surface area contributed by atoms with Crippen LogP contribution in [0, 0.1) is 0 Å². The molecule has 0 bridgehead atoms. The fourth-order valence-corrected chi connectivity index (χ4v) is 3.29. The molecule has 1 fully saturated rings. The number of carbonyl (C=O) groups excluding carboxylic acids is 1. The van der Waals surface area contributed by atoms with E-state index in [9.17, 15) is 24.6 Å². The molecular weight excluding hydrogens is 342 g/mol. The maximum Gasteiger partial charge on any atom is 0.407 e. The third-order valence-corrected chi connectivity index (χ3v) is 4.40. The Labute approximate surface area is 152 Å². The third-order valence-electron chi connectivity index (χ3n) is 4.40. The van der Waals surface area contributed by atoms with E-state index in [0.29, 0.717) is 19.4 Å². The van der Waals surface area contributed by atoms with Crippen LogP contribution in [-0.2, 0) is 9.53 Å². The van der Waals surface area contributed by atoms with Gasteiger partial charge in [-0.1, -0.05) is 12.2 Å². The van der Waals surface area contributed by atoms with Crippen molar-refractivity contribution in [3.8, 4) is 0 Å². The van der Waals surface area contributed by atoms with Crippen LogP contribution in [0.25, 0.3) is 0 Å². The lowest BCUT2D eigenvalue weighted by atomic mass is 9.98. The number of alkyl carbamates (subject to hydrolysis) is 1. The topological polar surface area (TPSA) is 119 Å². The third kappa shape index (κ3) is 5.35. The summed E-state index contributed by atoms with van der Waals surface area (Å²) in [6.45, 7) is 5.77. The van der Waals surface area contributed by atoms with E-state index < -0.39 is 29.8 Å². The van der Waals surface area contributed by atoms with Crippen molar-refractivity contribution in [1.82, 2.24) is 15.1 Å². The fourth-order valence-electron chi connectivity index (χ4n) is 3.29. The van der Waals surface area contributed by atoms with Gasteiger partial charge in [-0.3, -0.25) is 9.69 Å². The zero-order chi connectivity index (χ0) is 19.5. The molecule has 9 heteroatoms. The van der Waals surface area contributed by atoms with Gasteiger partial charge in [-0.05, 0) is 33.6 Å². The highest BCUT2D eigenvalue weighted by Gasteiger charge is 2.41. The van der Waals surface area contributed by atoms with Gasteiger partial charge in [-0.2, -0.15) is 0 Å². The lowest BCUT2D eigenvalue weighted by Crippen LogP contribution is -2.64. The van der Waals surface area contributed by atoms with E-state index in [1.165, 1.54) is 0 Å². The van der Waals surface area contributed by atoms with Crippen LogP contribution in [0.15, 0.2) is 12.2 Å². The monoisotopic (exact) mass is 369 g/mol. The lowest BCUT2D eigenvalue weighted by Gasteiger charge is -2.45. The number of carboxylic acid groups (broad SMARTS) is 2. The summed E-state index contributed by atoms with van der Waals surface area (Å²) in [5.41, 5.74) is -0.624. The van der Waals surface area contributed by atoms with Crippen LogP contribution in [-0.4, -0.2) is 81.5 Å². The number of carbonyl (C=O) groups is 3. The van der Waals surface area contributed by atoms with Crippen LogP contribution in [0.4, 0.5) is 9.59 Å². The van der Waals surface area contributed by atoms with E-state index in [1.807, 2.05) is 12.2 Å². The Morgan fingerprint density at radius 3 is 2.31 bits per heavy atom. The molecule has 2 aliphatic rings. The van der Waals surface area contributed by atoms with Crippen molar-refractivity contribution in [2.75, 3.05) is 19.6 Å². The highest BCUT2D eigenvalue weighted by atomic mass is 16.6. The lowest BCUT2D eigenvalue weighted by molar-refractivity contribution is -0.147. The summed E-state index contributed by atoms with van der Waals surface area (Å²) in [5, 5.41) is 21.6. The van der Waals surface area contributed by atoms with Gasteiger partial charge in [0.05, 0.1) is 6.54 Å². The van der Waals surface area contributed by atoms with Gasteiger partial charge in [0.2, 0.25) is 0 Å². The standard InChI is InChI=1S/C17H27N3O6/c1-17(2,3)26-15(23)18-11-6-4-5-7-12-9-19(16(24)25)10-13(14(21)22)20(12)8-11/h4-5,11-13H,6-10H2,1-3H3,(H,18,23)(H,21,22)(H,24,25)/t11-,12-,13-/m0/s1. The van der Waals surface area contributed by atoms with E-state index in [0.717, 1.165) is 4.90 Å². The Kier molecular flexibility index (Phi) is 6.12. The number of fused-ring (bicyclic) bond motifs is 1. The van der Waals surface area contributed by atoms with Crippen LogP contribution >= 0.6 is 0 Å². The molecule has 0 aliphatic carbocycles. The Balaban J connectivity index is 2.14. The molecular formula is C17H27N3O6. The number of aliphatic carboxylic acids is 1. The first-order chi connectivity index (χ1) is 12.1. The molecule has 0 saturated carbocycles. The van der Waals surface area contributed by atoms with Gasteiger partial charge in [0.15, 0.2) is 0 Å². The number of hydrogen-bond donors (Lipinski definition) is 3. The van der Waals surface area contributed by atoms with Crippen LogP contribution in [0.5, 0.6) is 0 Å². The zero-order valence-electron chi connectivity index (χ0n) is 15.3. The molecule has 3 N–H and O–H groups in total. The number of rotatable bonds is 2. The average molecular weight is 369 g/mol. The van der Waals surface area contributed by atoms with Crippen LogP contribution in [0.1, 0.15) is 33.6 Å². The van der Waals surface area contributed by atoms with Gasteiger partial charge in [-0.15, -0.1) is 0 Å². The summed E-state index contributed by atoms with van der Waals surface area (Å²) in [4.78, 5) is 38.0. The van der Waals surface area contributed by atoms with Crippen molar-refractivity contribution in [3.63, 3.8) is 0 Å². The summed E-state index contributed by atoms with van der Waals surface area (Å²) in [5.74, 6) is -1.07. The van der Waals surface area contributed by atoms with Gasteiger partial charge in [-0.25, -0.2) is 9.59 Å². The highest BCUT2D eigenvalue weighted by molar-refractivity contribution is 5.76. The molecule has 0 radical (unpaired) electrons. The van der Waals surface area contributed by atoms with E-state index in [4.69, 9.17) is 4.74 Å². The van der Waals surface area contributed by atoms with Crippen molar-refractivity contribution in [2.24, 2.45) is 0 Å². The second-order valence-electron chi connectivity index (χ2n) is 7.68. The number of nitrogens with zero attached hydrogens (tertiary/aromatic N) is 2. The molecule has 0 aromatic carbocycles. The van der Waals surface area contributed by atoms with E-state index in [-0.39, 0.29) is 25.2 Å². The number of piperazine rings is 1. The average Bonchev–Trinajstić information content (AvgIpc) is 2.47. The molecule has 26 heavy (non-hydrogen) atoms. The molecule has 0 aromatic rings. The van der Waals surface area contributed by atoms with Gasteiger partial charge < -0.3 is 25.2 Å². The number of hydrogen-bond acceptors (Lipinski definition) is 5. The molecule has 0 unspecified atom stereocenters. The molecule has 2 rings (SSSR count).